The largest absolute Gasteiger partial charge is 0.457 e. The highest BCUT2D eigenvalue weighted by Crippen LogP contribution is 2.63. The number of rotatable bonds is 3. The topological polar surface area (TPSA) is 47.9 Å². The first-order valence-corrected chi connectivity index (χ1v) is 15.6. The summed E-state index contributed by atoms with van der Waals surface area (Å²) in [6, 6.07) is 50.1. The summed E-state index contributed by atoms with van der Waals surface area (Å²) < 4.78 is 6.50. The van der Waals surface area contributed by atoms with Crippen LogP contribution in [0.15, 0.2) is 140 Å². The fraction of sp³-hybridized carbons (Fsp3) is 0.0714. The summed E-state index contributed by atoms with van der Waals surface area (Å²) in [7, 11) is 0. The highest BCUT2D eigenvalue weighted by Gasteiger charge is 2.51. The molecule has 9 rings (SSSR count). The van der Waals surface area contributed by atoms with E-state index in [9.17, 15) is 0 Å². The Morgan fingerprint density at radius 1 is 0.413 bits per heavy atom. The second-order valence-electron chi connectivity index (χ2n) is 12.0. The fourth-order valence-corrected chi connectivity index (χ4v) is 7.54. The molecule has 1 aromatic heterocycles. The number of nitrogens with zero attached hydrogens (tertiary/aromatic N) is 3. The van der Waals surface area contributed by atoms with Crippen molar-refractivity contribution < 1.29 is 4.74 Å². The zero-order valence-corrected chi connectivity index (χ0v) is 25.5. The van der Waals surface area contributed by atoms with E-state index < -0.39 is 5.41 Å². The minimum Gasteiger partial charge on any atom is -0.457 e. The van der Waals surface area contributed by atoms with Crippen LogP contribution in [0.3, 0.4) is 0 Å². The maximum atomic E-state index is 6.50. The Bertz CT molecular complexity index is 2240. The van der Waals surface area contributed by atoms with Crippen molar-refractivity contribution >= 4 is 0 Å². The van der Waals surface area contributed by atoms with Crippen LogP contribution in [-0.2, 0) is 5.41 Å². The number of ether oxygens (including phenoxy) is 1. The van der Waals surface area contributed by atoms with Crippen LogP contribution in [0.2, 0.25) is 0 Å². The Morgan fingerprint density at radius 2 is 0.891 bits per heavy atom. The third-order valence-electron chi connectivity index (χ3n) is 9.40. The Hall–Kier alpha value is -5.87. The summed E-state index contributed by atoms with van der Waals surface area (Å²) in [4.78, 5) is 13.4. The SMILES string of the molecule is Cc1nc(C)nc(-c2ccc(-c3ccc(-c4cccc5c4-c4ccccc4C54c5ccccc5Oc5ccccc54)cc3)cc2)n1. The van der Waals surface area contributed by atoms with Gasteiger partial charge in [-0.15, -0.1) is 0 Å². The van der Waals surface area contributed by atoms with Crippen LogP contribution in [0, 0.1) is 13.8 Å². The molecule has 2 heterocycles. The van der Waals surface area contributed by atoms with Gasteiger partial charge in [-0.2, -0.15) is 0 Å². The zero-order valence-electron chi connectivity index (χ0n) is 25.5. The molecule has 0 atom stereocenters. The van der Waals surface area contributed by atoms with E-state index in [4.69, 9.17) is 4.74 Å². The van der Waals surface area contributed by atoms with Gasteiger partial charge < -0.3 is 4.74 Å². The molecule has 1 aliphatic carbocycles. The molecular formula is C42H29N3O. The Labute approximate surface area is 268 Å². The van der Waals surface area contributed by atoms with Crippen LogP contribution in [0.25, 0.3) is 44.8 Å². The van der Waals surface area contributed by atoms with Crippen molar-refractivity contribution in [2.75, 3.05) is 0 Å². The van der Waals surface area contributed by atoms with E-state index in [1.165, 1.54) is 44.5 Å². The maximum absolute atomic E-state index is 6.50. The summed E-state index contributed by atoms with van der Waals surface area (Å²) in [5.41, 5.74) is 12.7. The van der Waals surface area contributed by atoms with E-state index in [-0.39, 0.29) is 0 Å². The van der Waals surface area contributed by atoms with Gasteiger partial charge in [0.05, 0.1) is 5.41 Å². The molecule has 0 radical (unpaired) electrons. The Morgan fingerprint density at radius 3 is 1.52 bits per heavy atom. The minimum absolute atomic E-state index is 0.468. The van der Waals surface area contributed by atoms with Crippen molar-refractivity contribution in [1.29, 1.82) is 0 Å². The normalized spacial score (nSPS) is 13.3. The van der Waals surface area contributed by atoms with Gasteiger partial charge in [0.15, 0.2) is 5.82 Å². The lowest BCUT2D eigenvalue weighted by Gasteiger charge is -2.39. The van der Waals surface area contributed by atoms with Gasteiger partial charge in [0, 0.05) is 16.7 Å². The van der Waals surface area contributed by atoms with E-state index in [1.54, 1.807) is 0 Å². The fourth-order valence-electron chi connectivity index (χ4n) is 7.54. The van der Waals surface area contributed by atoms with Crippen molar-refractivity contribution in [2.45, 2.75) is 19.3 Å². The average Bonchev–Trinajstić information content (AvgIpc) is 3.39. The molecule has 1 spiro atoms. The second-order valence-corrected chi connectivity index (χ2v) is 12.0. The van der Waals surface area contributed by atoms with Crippen LogP contribution in [0.5, 0.6) is 11.5 Å². The van der Waals surface area contributed by atoms with Crippen LogP contribution in [0.4, 0.5) is 0 Å². The monoisotopic (exact) mass is 591 g/mol. The lowest BCUT2D eigenvalue weighted by atomic mass is 9.66. The van der Waals surface area contributed by atoms with E-state index in [1.807, 2.05) is 13.8 Å². The number of hydrogen-bond donors (Lipinski definition) is 0. The molecule has 6 aromatic carbocycles. The van der Waals surface area contributed by atoms with Crippen molar-refractivity contribution in [1.82, 2.24) is 15.0 Å². The quantitative estimate of drug-likeness (QED) is 0.205. The van der Waals surface area contributed by atoms with Crippen LogP contribution in [0.1, 0.15) is 33.9 Å². The summed E-state index contributed by atoms with van der Waals surface area (Å²) in [5, 5.41) is 0. The number of fused-ring (bicyclic) bond motifs is 9. The maximum Gasteiger partial charge on any atom is 0.163 e. The smallest absolute Gasteiger partial charge is 0.163 e. The van der Waals surface area contributed by atoms with Gasteiger partial charge in [0.25, 0.3) is 0 Å². The molecule has 2 aliphatic rings. The molecule has 4 heteroatoms. The first kappa shape index (κ1) is 26.5. The van der Waals surface area contributed by atoms with Gasteiger partial charge >= 0.3 is 0 Å². The van der Waals surface area contributed by atoms with Gasteiger partial charge in [0.1, 0.15) is 23.1 Å². The van der Waals surface area contributed by atoms with Gasteiger partial charge in [-0.1, -0.05) is 127 Å². The van der Waals surface area contributed by atoms with Gasteiger partial charge in [-0.3, -0.25) is 0 Å². The van der Waals surface area contributed by atoms with Crippen molar-refractivity contribution in [3.05, 3.63) is 173 Å². The van der Waals surface area contributed by atoms with E-state index in [2.05, 4.69) is 154 Å². The number of aromatic nitrogens is 3. The van der Waals surface area contributed by atoms with E-state index >= 15 is 0 Å². The molecule has 46 heavy (non-hydrogen) atoms. The van der Waals surface area contributed by atoms with Crippen molar-refractivity contribution in [2.24, 2.45) is 0 Å². The molecule has 1 aliphatic heterocycles. The molecule has 0 fully saturated rings. The number of para-hydroxylation sites is 2. The van der Waals surface area contributed by atoms with Gasteiger partial charge in [0.2, 0.25) is 0 Å². The van der Waals surface area contributed by atoms with Gasteiger partial charge in [-0.25, -0.2) is 15.0 Å². The molecule has 0 amide bonds. The van der Waals surface area contributed by atoms with Crippen molar-refractivity contribution in [3.63, 3.8) is 0 Å². The molecule has 7 aromatic rings. The van der Waals surface area contributed by atoms with Crippen molar-refractivity contribution in [3.8, 4) is 56.3 Å². The summed E-state index contributed by atoms with van der Waals surface area (Å²) in [5.74, 6) is 3.98. The summed E-state index contributed by atoms with van der Waals surface area (Å²) in [6.45, 7) is 3.80. The first-order chi connectivity index (χ1) is 22.6. The first-order valence-electron chi connectivity index (χ1n) is 15.6. The Balaban J connectivity index is 1.17. The second kappa shape index (κ2) is 10.1. The van der Waals surface area contributed by atoms with Gasteiger partial charge in [-0.05, 0) is 70.5 Å². The number of hydrogen-bond acceptors (Lipinski definition) is 4. The van der Waals surface area contributed by atoms with E-state index in [0.717, 1.165) is 39.8 Å². The average molecular weight is 592 g/mol. The Kier molecular flexibility index (Phi) is 5.81. The van der Waals surface area contributed by atoms with E-state index in [0.29, 0.717) is 5.82 Å². The predicted molar refractivity (Wildman–Crippen MR) is 183 cm³/mol. The lowest BCUT2D eigenvalue weighted by molar-refractivity contribution is 0.436. The molecule has 4 nitrogen and oxygen atoms in total. The minimum atomic E-state index is -0.468. The lowest BCUT2D eigenvalue weighted by Crippen LogP contribution is -2.32. The third kappa shape index (κ3) is 3.83. The highest BCUT2D eigenvalue weighted by molar-refractivity contribution is 5.96. The molecular weight excluding hydrogens is 562 g/mol. The summed E-state index contributed by atoms with van der Waals surface area (Å²) in [6.07, 6.45) is 0. The van der Waals surface area contributed by atoms with Crippen LogP contribution >= 0.6 is 0 Å². The third-order valence-corrected chi connectivity index (χ3v) is 9.40. The zero-order chi connectivity index (χ0) is 30.8. The molecule has 218 valence electrons. The predicted octanol–water partition coefficient (Wildman–Crippen LogP) is 9.96. The molecule has 0 saturated carbocycles. The number of benzene rings is 6. The molecule has 0 unspecified atom stereocenters. The number of aryl methyl sites for hydroxylation is 2. The standard InChI is InChI=1S/C42H29N3O/c1-26-43-27(2)45-41(44-26)31-24-20-29(21-25-31)28-18-22-30(23-19-28)32-11-9-15-37-40(32)33-10-3-4-12-34(33)42(37)35-13-5-7-16-38(35)46-39-17-8-6-14-36(39)42/h3-25H,1-2H3. The summed E-state index contributed by atoms with van der Waals surface area (Å²) >= 11 is 0. The van der Waals surface area contributed by atoms with Crippen LogP contribution < -0.4 is 4.74 Å². The molecule has 0 N–H and O–H groups in total. The molecule has 0 saturated heterocycles. The highest BCUT2D eigenvalue weighted by atomic mass is 16.5. The van der Waals surface area contributed by atoms with Crippen LogP contribution in [-0.4, -0.2) is 15.0 Å². The molecule has 0 bridgehead atoms.